The Kier molecular flexibility index (Phi) is 5.13. The number of likely N-dealkylation sites (N-methyl/N-ethyl adjacent to an activating group) is 1. The number of ether oxygens (including phenoxy) is 2. The van der Waals surface area contributed by atoms with Gasteiger partial charge in [0.15, 0.2) is 11.5 Å². The molecule has 0 aliphatic carbocycles. The number of nitrogens with zero attached hydrogens (tertiary/aromatic N) is 3. The lowest BCUT2D eigenvalue weighted by Gasteiger charge is -2.20. The summed E-state index contributed by atoms with van der Waals surface area (Å²) in [5, 5.41) is 2.75. The topological polar surface area (TPSA) is 68.6 Å². The molecule has 1 aromatic heterocycles. The smallest absolute Gasteiger partial charge is 0.319 e. The van der Waals surface area contributed by atoms with Gasteiger partial charge in [0.05, 0.1) is 13.1 Å². The average molecular weight is 352 g/mol. The fourth-order valence-corrected chi connectivity index (χ4v) is 2.51. The molecule has 9 heteroatoms. The van der Waals surface area contributed by atoms with E-state index in [4.69, 9.17) is 9.47 Å². The number of aromatic nitrogens is 2. The molecule has 0 saturated heterocycles. The van der Waals surface area contributed by atoms with Crippen LogP contribution in [-0.4, -0.2) is 47.2 Å². The molecule has 0 saturated carbocycles. The average Bonchev–Trinajstić information content (AvgIpc) is 3.02. The van der Waals surface area contributed by atoms with Crippen LogP contribution in [-0.2, 0) is 11.3 Å². The number of imidazole rings is 1. The van der Waals surface area contributed by atoms with Gasteiger partial charge < -0.3 is 14.8 Å². The van der Waals surface area contributed by atoms with Crippen LogP contribution in [0.5, 0.6) is 11.5 Å². The van der Waals surface area contributed by atoms with Crippen molar-refractivity contribution in [1.82, 2.24) is 14.5 Å². The van der Waals surface area contributed by atoms with Gasteiger partial charge >= 0.3 is 6.55 Å². The number of hydrogen-bond acceptors (Lipinski definition) is 5. The molecular formula is C16H18F2N4O3. The molecule has 0 radical (unpaired) electrons. The molecule has 0 bridgehead atoms. The van der Waals surface area contributed by atoms with E-state index in [2.05, 4.69) is 10.3 Å². The van der Waals surface area contributed by atoms with Gasteiger partial charge in [-0.1, -0.05) is 0 Å². The van der Waals surface area contributed by atoms with E-state index < -0.39 is 6.55 Å². The van der Waals surface area contributed by atoms with Gasteiger partial charge in [0.1, 0.15) is 19.0 Å². The van der Waals surface area contributed by atoms with Crippen molar-refractivity contribution >= 4 is 11.6 Å². The normalized spacial score (nSPS) is 13.3. The zero-order chi connectivity index (χ0) is 17.8. The zero-order valence-corrected chi connectivity index (χ0v) is 13.6. The Morgan fingerprint density at radius 3 is 2.88 bits per heavy atom. The molecule has 134 valence electrons. The second-order valence-corrected chi connectivity index (χ2v) is 5.61. The molecule has 2 heterocycles. The Hall–Kier alpha value is -2.68. The SMILES string of the molecule is CN(CC(=O)Nc1ccc2c(c1)OCCO2)Cc1nccn1C(F)F. The van der Waals surface area contributed by atoms with Crippen LogP contribution in [0.4, 0.5) is 14.5 Å². The van der Waals surface area contributed by atoms with E-state index in [0.29, 0.717) is 30.4 Å². The Morgan fingerprint density at radius 2 is 2.12 bits per heavy atom. The molecule has 0 unspecified atom stereocenters. The second kappa shape index (κ2) is 7.47. The number of rotatable bonds is 6. The summed E-state index contributed by atoms with van der Waals surface area (Å²) < 4.78 is 37.3. The van der Waals surface area contributed by atoms with Crippen molar-refractivity contribution in [2.45, 2.75) is 13.1 Å². The lowest BCUT2D eigenvalue weighted by atomic mass is 10.2. The Balaban J connectivity index is 1.56. The van der Waals surface area contributed by atoms with Crippen molar-refractivity contribution in [1.29, 1.82) is 0 Å². The highest BCUT2D eigenvalue weighted by atomic mass is 19.3. The van der Waals surface area contributed by atoms with E-state index >= 15 is 0 Å². The highest BCUT2D eigenvalue weighted by Gasteiger charge is 2.16. The van der Waals surface area contributed by atoms with Crippen molar-refractivity contribution < 1.29 is 23.0 Å². The van der Waals surface area contributed by atoms with E-state index in [0.717, 1.165) is 4.57 Å². The fourth-order valence-electron chi connectivity index (χ4n) is 2.51. The summed E-state index contributed by atoms with van der Waals surface area (Å²) in [6.45, 7) is -1.53. The lowest BCUT2D eigenvalue weighted by Crippen LogP contribution is -2.30. The molecule has 7 nitrogen and oxygen atoms in total. The molecule has 0 fully saturated rings. The van der Waals surface area contributed by atoms with Crippen LogP contribution in [0, 0.1) is 0 Å². The molecule has 1 aliphatic heterocycles. The maximum Gasteiger partial charge on any atom is 0.319 e. The van der Waals surface area contributed by atoms with Crippen LogP contribution in [0.3, 0.4) is 0 Å². The predicted octanol–water partition coefficient (Wildman–Crippen LogP) is 2.12. The Labute approximate surface area is 143 Å². The second-order valence-electron chi connectivity index (χ2n) is 5.61. The van der Waals surface area contributed by atoms with Gasteiger partial charge in [-0.05, 0) is 19.2 Å². The van der Waals surface area contributed by atoms with E-state index in [1.54, 1.807) is 30.1 Å². The van der Waals surface area contributed by atoms with Crippen LogP contribution >= 0.6 is 0 Å². The third kappa shape index (κ3) is 4.24. The Morgan fingerprint density at radius 1 is 1.36 bits per heavy atom. The first kappa shape index (κ1) is 17.2. The quantitative estimate of drug-likeness (QED) is 0.863. The van der Waals surface area contributed by atoms with Crippen molar-refractivity contribution in [2.75, 3.05) is 32.1 Å². The molecule has 1 aromatic carbocycles. The van der Waals surface area contributed by atoms with E-state index in [1.165, 1.54) is 12.4 Å². The summed E-state index contributed by atoms with van der Waals surface area (Å²) in [6, 6.07) is 5.14. The number of amides is 1. The summed E-state index contributed by atoms with van der Waals surface area (Å²) in [5.41, 5.74) is 0.580. The number of fused-ring (bicyclic) bond motifs is 1. The maximum atomic E-state index is 12.8. The number of benzene rings is 1. The largest absolute Gasteiger partial charge is 0.486 e. The van der Waals surface area contributed by atoms with Crippen molar-refractivity contribution in [3.05, 3.63) is 36.4 Å². The van der Waals surface area contributed by atoms with Crippen LogP contribution in [0.15, 0.2) is 30.6 Å². The molecule has 3 rings (SSSR count). The summed E-state index contributed by atoms with van der Waals surface area (Å²) in [6.07, 6.45) is 2.52. The monoisotopic (exact) mass is 352 g/mol. The minimum atomic E-state index is -2.66. The summed E-state index contributed by atoms with van der Waals surface area (Å²) >= 11 is 0. The number of halogens is 2. The van der Waals surface area contributed by atoms with Gasteiger partial charge in [-0.3, -0.25) is 14.3 Å². The molecule has 25 heavy (non-hydrogen) atoms. The Bertz CT molecular complexity index is 751. The molecule has 1 aliphatic rings. The van der Waals surface area contributed by atoms with Crippen molar-refractivity contribution in [3.8, 4) is 11.5 Å². The van der Waals surface area contributed by atoms with E-state index in [1.807, 2.05) is 0 Å². The minimum Gasteiger partial charge on any atom is -0.486 e. The number of carbonyl (C=O) groups is 1. The van der Waals surface area contributed by atoms with E-state index in [-0.39, 0.29) is 24.8 Å². The number of hydrogen-bond donors (Lipinski definition) is 1. The van der Waals surface area contributed by atoms with Gasteiger partial charge in [0.2, 0.25) is 5.91 Å². The van der Waals surface area contributed by atoms with Crippen molar-refractivity contribution in [3.63, 3.8) is 0 Å². The predicted molar refractivity (Wildman–Crippen MR) is 85.9 cm³/mol. The van der Waals surface area contributed by atoms with Gasteiger partial charge in [-0.15, -0.1) is 0 Å². The summed E-state index contributed by atoms with van der Waals surface area (Å²) in [7, 11) is 1.66. The molecule has 2 aromatic rings. The first-order valence-corrected chi connectivity index (χ1v) is 7.71. The highest BCUT2D eigenvalue weighted by molar-refractivity contribution is 5.92. The zero-order valence-electron chi connectivity index (χ0n) is 13.6. The highest BCUT2D eigenvalue weighted by Crippen LogP contribution is 2.32. The minimum absolute atomic E-state index is 0.0323. The third-order valence-corrected chi connectivity index (χ3v) is 3.61. The van der Waals surface area contributed by atoms with Crippen LogP contribution in [0.1, 0.15) is 12.4 Å². The van der Waals surface area contributed by atoms with Crippen LogP contribution in [0.25, 0.3) is 0 Å². The van der Waals surface area contributed by atoms with Gasteiger partial charge in [-0.2, -0.15) is 8.78 Å². The maximum absolute atomic E-state index is 12.8. The van der Waals surface area contributed by atoms with E-state index in [9.17, 15) is 13.6 Å². The molecule has 1 amide bonds. The molecule has 0 atom stereocenters. The summed E-state index contributed by atoms with van der Waals surface area (Å²) in [5.74, 6) is 1.15. The molecular weight excluding hydrogens is 334 g/mol. The number of carbonyl (C=O) groups excluding carboxylic acids is 1. The standard InChI is InChI=1S/C16H18F2N4O3/c1-21(9-14-19-4-5-22(14)16(17)18)10-15(23)20-11-2-3-12-13(8-11)25-7-6-24-12/h2-5,8,16H,6-7,9-10H2,1H3,(H,20,23). The van der Waals surface area contributed by atoms with Gasteiger partial charge in [0, 0.05) is 24.1 Å². The van der Waals surface area contributed by atoms with Crippen LogP contribution < -0.4 is 14.8 Å². The molecule has 0 spiro atoms. The number of anilines is 1. The van der Waals surface area contributed by atoms with Crippen molar-refractivity contribution in [2.24, 2.45) is 0 Å². The number of alkyl halides is 2. The number of nitrogens with one attached hydrogen (secondary N) is 1. The first-order chi connectivity index (χ1) is 12.0. The van der Waals surface area contributed by atoms with Gasteiger partial charge in [0.25, 0.3) is 0 Å². The van der Waals surface area contributed by atoms with Gasteiger partial charge in [-0.25, -0.2) is 4.98 Å². The first-order valence-electron chi connectivity index (χ1n) is 7.71. The summed E-state index contributed by atoms with van der Waals surface area (Å²) in [4.78, 5) is 17.6. The van der Waals surface area contributed by atoms with Crippen LogP contribution in [0.2, 0.25) is 0 Å². The fraction of sp³-hybridized carbons (Fsp3) is 0.375. The third-order valence-electron chi connectivity index (χ3n) is 3.61. The molecule has 1 N–H and O–H groups in total. The lowest BCUT2D eigenvalue weighted by molar-refractivity contribution is -0.117.